The van der Waals surface area contributed by atoms with Crippen molar-refractivity contribution in [2.45, 2.75) is 52.2 Å². The summed E-state index contributed by atoms with van der Waals surface area (Å²) in [4.78, 5) is 0. The van der Waals surface area contributed by atoms with E-state index >= 15 is 0 Å². The van der Waals surface area contributed by atoms with E-state index in [0.717, 1.165) is 30.7 Å². The molecule has 0 spiro atoms. The van der Waals surface area contributed by atoms with Crippen LogP contribution in [0.15, 0.2) is 0 Å². The normalized spacial score (nSPS) is 21.7. The van der Waals surface area contributed by atoms with Crippen LogP contribution in [0, 0.1) is 25.2 Å². The monoisotopic (exact) mass is 260 g/mol. The molecule has 1 aromatic heterocycles. The molecule has 102 valence electrons. The van der Waals surface area contributed by atoms with E-state index < -0.39 is 0 Å². The summed E-state index contributed by atoms with van der Waals surface area (Å²) in [5.41, 5.74) is 2.16. The molecule has 5 nitrogen and oxygen atoms in total. The highest BCUT2D eigenvalue weighted by Gasteiger charge is 2.29. The summed E-state index contributed by atoms with van der Waals surface area (Å²) in [6.07, 6.45) is 1.81. The highest BCUT2D eigenvalue weighted by atomic mass is 16.5. The zero-order chi connectivity index (χ0) is 14.0. The third-order valence-electron chi connectivity index (χ3n) is 3.60. The maximum Gasteiger partial charge on any atom is 0.167 e. The molecule has 2 rings (SSSR count). The van der Waals surface area contributed by atoms with E-state index in [9.17, 15) is 5.26 Å². The molecule has 1 atom stereocenters. The molecular weight excluding hydrogens is 240 g/mol. The molecule has 1 unspecified atom stereocenters. The molecule has 5 heteroatoms. The van der Waals surface area contributed by atoms with Crippen LogP contribution in [0.5, 0.6) is 0 Å². The standard InChI is InChI=1S/C14H20N4O/c1-9-10(2)17-18-13(12(9)8-15)16-11-5-6-19-14(3,4)7-11/h11H,5-7H2,1-4H3,(H,16,18). The van der Waals surface area contributed by atoms with Gasteiger partial charge in [-0.1, -0.05) is 0 Å². The number of ether oxygens (including phenoxy) is 1. The molecule has 1 N–H and O–H groups in total. The lowest BCUT2D eigenvalue weighted by atomic mass is 9.94. The quantitative estimate of drug-likeness (QED) is 0.883. The van der Waals surface area contributed by atoms with Gasteiger partial charge in [-0.05, 0) is 46.1 Å². The number of nitriles is 1. The number of nitrogens with zero attached hydrogens (tertiary/aromatic N) is 3. The van der Waals surface area contributed by atoms with E-state index in [-0.39, 0.29) is 11.6 Å². The minimum Gasteiger partial charge on any atom is -0.375 e. The number of rotatable bonds is 2. The summed E-state index contributed by atoms with van der Waals surface area (Å²) < 4.78 is 5.69. The molecule has 0 radical (unpaired) electrons. The Morgan fingerprint density at radius 3 is 2.74 bits per heavy atom. The van der Waals surface area contributed by atoms with Gasteiger partial charge in [-0.15, -0.1) is 5.10 Å². The Kier molecular flexibility index (Phi) is 3.72. The fourth-order valence-corrected chi connectivity index (χ4v) is 2.39. The number of anilines is 1. The molecule has 19 heavy (non-hydrogen) atoms. The first-order valence-corrected chi connectivity index (χ1v) is 6.57. The van der Waals surface area contributed by atoms with Gasteiger partial charge in [0.15, 0.2) is 5.82 Å². The van der Waals surface area contributed by atoms with Gasteiger partial charge in [-0.2, -0.15) is 10.4 Å². The fraction of sp³-hybridized carbons (Fsp3) is 0.643. The Hall–Kier alpha value is -1.67. The Bertz CT molecular complexity index is 519. The van der Waals surface area contributed by atoms with Gasteiger partial charge >= 0.3 is 0 Å². The lowest BCUT2D eigenvalue weighted by molar-refractivity contribution is -0.0553. The molecule has 1 aliphatic rings. The second kappa shape index (κ2) is 5.14. The first kappa shape index (κ1) is 13.8. The Morgan fingerprint density at radius 2 is 2.11 bits per heavy atom. The van der Waals surface area contributed by atoms with Gasteiger partial charge < -0.3 is 10.1 Å². The van der Waals surface area contributed by atoms with E-state index in [1.165, 1.54) is 0 Å². The molecule has 1 saturated heterocycles. The fourth-order valence-electron chi connectivity index (χ4n) is 2.39. The van der Waals surface area contributed by atoms with Gasteiger partial charge in [0.1, 0.15) is 11.6 Å². The van der Waals surface area contributed by atoms with Crippen molar-refractivity contribution in [2.75, 3.05) is 11.9 Å². The summed E-state index contributed by atoms with van der Waals surface area (Å²) in [5.74, 6) is 0.591. The average Bonchev–Trinajstić information content (AvgIpc) is 2.33. The molecule has 1 fully saturated rings. The predicted molar refractivity (Wildman–Crippen MR) is 72.9 cm³/mol. The molecule has 0 aromatic carbocycles. The Labute approximate surface area is 114 Å². The minimum absolute atomic E-state index is 0.129. The van der Waals surface area contributed by atoms with E-state index in [2.05, 4.69) is 35.4 Å². The van der Waals surface area contributed by atoms with Gasteiger partial charge in [-0.3, -0.25) is 0 Å². The van der Waals surface area contributed by atoms with Gasteiger partial charge in [-0.25, -0.2) is 0 Å². The van der Waals surface area contributed by atoms with Crippen molar-refractivity contribution < 1.29 is 4.74 Å². The van der Waals surface area contributed by atoms with Crippen molar-refractivity contribution >= 4 is 5.82 Å². The molecule has 1 aliphatic heterocycles. The second-order valence-corrected chi connectivity index (χ2v) is 5.69. The molecule has 0 amide bonds. The molecule has 0 saturated carbocycles. The van der Waals surface area contributed by atoms with Crippen LogP contribution >= 0.6 is 0 Å². The number of hydrogen-bond acceptors (Lipinski definition) is 5. The van der Waals surface area contributed by atoms with E-state index in [4.69, 9.17) is 4.74 Å². The zero-order valence-electron chi connectivity index (χ0n) is 11.9. The van der Waals surface area contributed by atoms with Crippen molar-refractivity contribution in [1.29, 1.82) is 5.26 Å². The van der Waals surface area contributed by atoms with E-state index in [1.54, 1.807) is 0 Å². The summed E-state index contributed by atoms with van der Waals surface area (Å²) in [5, 5.41) is 20.8. The highest BCUT2D eigenvalue weighted by Crippen LogP contribution is 2.27. The van der Waals surface area contributed by atoms with Crippen molar-refractivity contribution in [2.24, 2.45) is 0 Å². The van der Waals surface area contributed by atoms with E-state index in [0.29, 0.717) is 11.4 Å². The third kappa shape index (κ3) is 3.02. The van der Waals surface area contributed by atoms with Crippen molar-refractivity contribution in [1.82, 2.24) is 10.2 Å². The summed E-state index contributed by atoms with van der Waals surface area (Å²) in [6, 6.07) is 2.49. The largest absolute Gasteiger partial charge is 0.375 e. The van der Waals surface area contributed by atoms with Crippen LogP contribution in [0.2, 0.25) is 0 Å². The SMILES string of the molecule is Cc1nnc(NC2CCOC(C)(C)C2)c(C#N)c1C. The van der Waals surface area contributed by atoms with Gasteiger partial charge in [0, 0.05) is 12.6 Å². The minimum atomic E-state index is -0.129. The number of hydrogen-bond donors (Lipinski definition) is 1. The predicted octanol–water partition coefficient (Wildman–Crippen LogP) is 2.33. The molecular formula is C14H20N4O. The third-order valence-corrected chi connectivity index (χ3v) is 3.60. The molecule has 0 aliphatic carbocycles. The van der Waals surface area contributed by atoms with Crippen LogP contribution in [-0.2, 0) is 4.74 Å². The average molecular weight is 260 g/mol. The van der Waals surface area contributed by atoms with Crippen LogP contribution in [0.4, 0.5) is 5.82 Å². The summed E-state index contributed by atoms with van der Waals surface area (Å²) in [7, 11) is 0. The van der Waals surface area contributed by atoms with Crippen LogP contribution < -0.4 is 5.32 Å². The van der Waals surface area contributed by atoms with Gasteiger partial charge in [0.25, 0.3) is 0 Å². The first-order chi connectivity index (χ1) is 8.93. The van der Waals surface area contributed by atoms with E-state index in [1.807, 2.05) is 13.8 Å². The maximum absolute atomic E-state index is 9.27. The highest BCUT2D eigenvalue weighted by molar-refractivity contribution is 5.56. The molecule has 2 heterocycles. The van der Waals surface area contributed by atoms with Crippen LogP contribution in [0.1, 0.15) is 43.5 Å². The molecule has 1 aromatic rings. The summed E-state index contributed by atoms with van der Waals surface area (Å²) in [6.45, 7) is 8.66. The van der Waals surface area contributed by atoms with Crippen LogP contribution in [0.3, 0.4) is 0 Å². The first-order valence-electron chi connectivity index (χ1n) is 6.57. The Balaban J connectivity index is 2.20. The topological polar surface area (TPSA) is 70.8 Å². The van der Waals surface area contributed by atoms with Crippen LogP contribution in [-0.4, -0.2) is 28.4 Å². The van der Waals surface area contributed by atoms with Crippen molar-refractivity contribution in [3.63, 3.8) is 0 Å². The van der Waals surface area contributed by atoms with Crippen LogP contribution in [0.25, 0.3) is 0 Å². The van der Waals surface area contributed by atoms with Gasteiger partial charge in [0.05, 0.1) is 11.3 Å². The Morgan fingerprint density at radius 1 is 1.37 bits per heavy atom. The molecule has 0 bridgehead atoms. The van der Waals surface area contributed by atoms with Crippen molar-refractivity contribution in [3.8, 4) is 6.07 Å². The van der Waals surface area contributed by atoms with Crippen molar-refractivity contribution in [3.05, 3.63) is 16.8 Å². The maximum atomic E-state index is 9.27. The number of aromatic nitrogens is 2. The smallest absolute Gasteiger partial charge is 0.167 e. The lowest BCUT2D eigenvalue weighted by Crippen LogP contribution is -2.40. The number of nitrogens with one attached hydrogen (secondary N) is 1. The second-order valence-electron chi connectivity index (χ2n) is 5.69. The number of aryl methyl sites for hydroxylation is 1. The van der Waals surface area contributed by atoms with Gasteiger partial charge in [0.2, 0.25) is 0 Å². The zero-order valence-corrected chi connectivity index (χ0v) is 11.9. The lowest BCUT2D eigenvalue weighted by Gasteiger charge is -2.36. The summed E-state index contributed by atoms with van der Waals surface area (Å²) >= 11 is 0.